The molecule has 0 spiro atoms. The number of ether oxygens (including phenoxy) is 1. The van der Waals surface area contributed by atoms with Gasteiger partial charge in [-0.2, -0.15) is 0 Å². The van der Waals surface area contributed by atoms with Crippen molar-refractivity contribution < 1.29 is 23.1 Å². The number of fused-ring (bicyclic) bond motifs is 1. The zero-order chi connectivity index (χ0) is 15.7. The average molecular weight is 298 g/mol. The Hall–Kier alpha value is -2.95. The zero-order valence-electron chi connectivity index (χ0n) is 11.6. The van der Waals surface area contributed by atoms with E-state index in [0.29, 0.717) is 22.1 Å². The van der Waals surface area contributed by atoms with Crippen molar-refractivity contribution in [1.29, 1.82) is 0 Å². The first-order chi connectivity index (χ1) is 10.6. The largest absolute Gasteiger partial charge is 0.465 e. The van der Waals surface area contributed by atoms with Crippen molar-refractivity contribution in [3.8, 4) is 0 Å². The van der Waals surface area contributed by atoms with Gasteiger partial charge in [-0.05, 0) is 48.5 Å². The number of ketones is 1. The maximum Gasteiger partial charge on any atom is 0.337 e. The van der Waals surface area contributed by atoms with E-state index in [-0.39, 0.29) is 11.5 Å². The molecule has 5 heteroatoms. The molecule has 1 aromatic heterocycles. The van der Waals surface area contributed by atoms with E-state index in [0.717, 1.165) is 0 Å². The number of hydrogen-bond donors (Lipinski definition) is 0. The van der Waals surface area contributed by atoms with Gasteiger partial charge in [0, 0.05) is 10.9 Å². The van der Waals surface area contributed by atoms with Crippen LogP contribution in [0.25, 0.3) is 11.0 Å². The van der Waals surface area contributed by atoms with E-state index in [2.05, 4.69) is 4.74 Å². The number of methoxy groups -OCH3 is 1. The SMILES string of the molecule is COC(=O)c1ccc2oc(C(=O)c3ccc(F)cc3)cc2c1. The van der Waals surface area contributed by atoms with Gasteiger partial charge in [0.05, 0.1) is 12.7 Å². The molecule has 0 aliphatic carbocycles. The first kappa shape index (κ1) is 14.0. The Labute approximate surface area is 125 Å². The Bertz CT molecular complexity index is 862. The van der Waals surface area contributed by atoms with E-state index in [1.165, 1.54) is 31.4 Å². The van der Waals surface area contributed by atoms with Gasteiger partial charge in [-0.3, -0.25) is 4.79 Å². The molecular formula is C17H11FO4. The summed E-state index contributed by atoms with van der Waals surface area (Å²) >= 11 is 0. The summed E-state index contributed by atoms with van der Waals surface area (Å²) in [6, 6.07) is 11.5. The molecule has 0 aliphatic heterocycles. The summed E-state index contributed by atoms with van der Waals surface area (Å²) in [4.78, 5) is 23.8. The quantitative estimate of drug-likeness (QED) is 0.547. The van der Waals surface area contributed by atoms with Crippen molar-refractivity contribution in [2.45, 2.75) is 0 Å². The lowest BCUT2D eigenvalue weighted by atomic mass is 10.1. The first-order valence-corrected chi connectivity index (χ1v) is 6.50. The molecule has 4 nitrogen and oxygen atoms in total. The Balaban J connectivity index is 1.99. The summed E-state index contributed by atoms with van der Waals surface area (Å²) < 4.78 is 23.0. The van der Waals surface area contributed by atoms with Crippen LogP contribution in [-0.2, 0) is 4.74 Å². The number of carbonyl (C=O) groups excluding carboxylic acids is 2. The molecule has 2 aromatic carbocycles. The molecule has 0 aliphatic rings. The van der Waals surface area contributed by atoms with Crippen LogP contribution in [0.2, 0.25) is 0 Å². The Morgan fingerprint density at radius 2 is 1.68 bits per heavy atom. The molecule has 0 radical (unpaired) electrons. The highest BCUT2D eigenvalue weighted by Gasteiger charge is 2.16. The van der Waals surface area contributed by atoms with Crippen LogP contribution in [0.4, 0.5) is 4.39 Å². The highest BCUT2D eigenvalue weighted by atomic mass is 19.1. The zero-order valence-corrected chi connectivity index (χ0v) is 11.6. The highest BCUT2D eigenvalue weighted by Crippen LogP contribution is 2.23. The number of carbonyl (C=O) groups is 2. The van der Waals surface area contributed by atoms with Crippen molar-refractivity contribution in [3.05, 3.63) is 71.2 Å². The minimum atomic E-state index is -0.463. The van der Waals surface area contributed by atoms with E-state index in [4.69, 9.17) is 4.42 Å². The third kappa shape index (κ3) is 2.48. The standard InChI is InChI=1S/C17H11FO4/c1-21-17(20)11-4-7-14-12(8-11)9-15(22-14)16(19)10-2-5-13(18)6-3-10/h2-9H,1H3. The molecule has 22 heavy (non-hydrogen) atoms. The molecule has 110 valence electrons. The van der Waals surface area contributed by atoms with Crippen LogP contribution in [0, 0.1) is 5.82 Å². The molecule has 0 unspecified atom stereocenters. The molecule has 0 fully saturated rings. The van der Waals surface area contributed by atoms with Crippen LogP contribution in [0.15, 0.2) is 52.9 Å². The van der Waals surface area contributed by atoms with E-state index < -0.39 is 11.8 Å². The number of benzene rings is 2. The van der Waals surface area contributed by atoms with Gasteiger partial charge in [-0.1, -0.05) is 0 Å². The Morgan fingerprint density at radius 1 is 1.00 bits per heavy atom. The normalized spacial score (nSPS) is 10.6. The molecule has 0 amide bonds. The van der Waals surface area contributed by atoms with Gasteiger partial charge >= 0.3 is 5.97 Å². The number of halogens is 1. The molecule has 0 bridgehead atoms. The lowest BCUT2D eigenvalue weighted by Crippen LogP contribution is -2.00. The molecule has 0 saturated carbocycles. The van der Waals surface area contributed by atoms with Gasteiger partial charge in [0.1, 0.15) is 11.4 Å². The van der Waals surface area contributed by atoms with Crippen molar-refractivity contribution in [2.24, 2.45) is 0 Å². The first-order valence-electron chi connectivity index (χ1n) is 6.50. The van der Waals surface area contributed by atoms with Crippen LogP contribution in [0.3, 0.4) is 0 Å². The van der Waals surface area contributed by atoms with Crippen molar-refractivity contribution in [3.63, 3.8) is 0 Å². The van der Waals surface area contributed by atoms with E-state index in [9.17, 15) is 14.0 Å². The second-order valence-corrected chi connectivity index (χ2v) is 4.69. The molecule has 3 aromatic rings. The van der Waals surface area contributed by atoms with Crippen LogP contribution in [0.1, 0.15) is 26.5 Å². The second-order valence-electron chi connectivity index (χ2n) is 4.69. The third-order valence-electron chi connectivity index (χ3n) is 3.27. The van der Waals surface area contributed by atoms with Crippen LogP contribution in [0.5, 0.6) is 0 Å². The number of esters is 1. The highest BCUT2D eigenvalue weighted by molar-refractivity contribution is 6.09. The van der Waals surface area contributed by atoms with E-state index >= 15 is 0 Å². The summed E-state index contributed by atoms with van der Waals surface area (Å²) in [5.41, 5.74) is 1.18. The van der Waals surface area contributed by atoms with Gasteiger partial charge < -0.3 is 9.15 Å². The molecule has 0 atom stereocenters. The molecule has 1 heterocycles. The predicted octanol–water partition coefficient (Wildman–Crippen LogP) is 3.59. The van der Waals surface area contributed by atoms with E-state index in [1.54, 1.807) is 24.3 Å². The number of furan rings is 1. The van der Waals surface area contributed by atoms with Gasteiger partial charge in [-0.25, -0.2) is 9.18 Å². The lowest BCUT2D eigenvalue weighted by Gasteiger charge is -1.97. The van der Waals surface area contributed by atoms with Crippen molar-refractivity contribution >= 4 is 22.7 Å². The number of hydrogen-bond acceptors (Lipinski definition) is 4. The molecule has 0 saturated heterocycles. The van der Waals surface area contributed by atoms with Crippen LogP contribution < -0.4 is 0 Å². The van der Waals surface area contributed by atoms with Gasteiger partial charge in [0.2, 0.25) is 5.78 Å². The number of rotatable bonds is 3. The average Bonchev–Trinajstić information content (AvgIpc) is 2.97. The molecule has 0 N–H and O–H groups in total. The lowest BCUT2D eigenvalue weighted by molar-refractivity contribution is 0.0601. The summed E-state index contributed by atoms with van der Waals surface area (Å²) in [6.07, 6.45) is 0. The van der Waals surface area contributed by atoms with Gasteiger partial charge in [0.15, 0.2) is 5.76 Å². The summed E-state index contributed by atoms with van der Waals surface area (Å²) in [6.45, 7) is 0. The maximum absolute atomic E-state index is 12.9. The fourth-order valence-electron chi connectivity index (χ4n) is 2.14. The van der Waals surface area contributed by atoms with E-state index in [1.807, 2.05) is 0 Å². The van der Waals surface area contributed by atoms with Crippen molar-refractivity contribution in [1.82, 2.24) is 0 Å². The minimum Gasteiger partial charge on any atom is -0.465 e. The minimum absolute atomic E-state index is 0.128. The fourth-order valence-corrected chi connectivity index (χ4v) is 2.14. The maximum atomic E-state index is 12.9. The Kier molecular flexibility index (Phi) is 3.47. The van der Waals surface area contributed by atoms with Crippen LogP contribution >= 0.6 is 0 Å². The monoisotopic (exact) mass is 298 g/mol. The summed E-state index contributed by atoms with van der Waals surface area (Å²) in [5, 5.41) is 0.619. The van der Waals surface area contributed by atoms with Crippen LogP contribution in [-0.4, -0.2) is 18.9 Å². The van der Waals surface area contributed by atoms with Gasteiger partial charge in [0.25, 0.3) is 0 Å². The fraction of sp³-hybridized carbons (Fsp3) is 0.0588. The molecule has 3 rings (SSSR count). The van der Waals surface area contributed by atoms with Crippen molar-refractivity contribution in [2.75, 3.05) is 7.11 Å². The Morgan fingerprint density at radius 3 is 2.36 bits per heavy atom. The predicted molar refractivity (Wildman–Crippen MR) is 77.4 cm³/mol. The van der Waals surface area contributed by atoms with Gasteiger partial charge in [-0.15, -0.1) is 0 Å². The smallest absolute Gasteiger partial charge is 0.337 e. The summed E-state index contributed by atoms with van der Waals surface area (Å²) in [7, 11) is 1.30. The summed E-state index contributed by atoms with van der Waals surface area (Å²) in [5.74, 6) is -1.10. The topological polar surface area (TPSA) is 56.5 Å². The molecular weight excluding hydrogens is 287 g/mol. The second kappa shape index (κ2) is 5.44. The third-order valence-corrected chi connectivity index (χ3v) is 3.27.